The summed E-state index contributed by atoms with van der Waals surface area (Å²) in [7, 11) is 0. The van der Waals surface area contributed by atoms with Crippen molar-refractivity contribution in [1.82, 2.24) is 10.2 Å². The molecule has 1 N–H and O–H groups in total. The number of hydrogen-bond acceptors (Lipinski definition) is 4. The number of esters is 1. The number of likely N-dealkylation sites (tertiary alicyclic amines) is 1. The van der Waals surface area contributed by atoms with Crippen LogP contribution in [-0.4, -0.2) is 49.7 Å². The zero-order valence-electron chi connectivity index (χ0n) is 12.1. The van der Waals surface area contributed by atoms with Gasteiger partial charge in [-0.1, -0.05) is 6.92 Å². The van der Waals surface area contributed by atoms with Crippen molar-refractivity contribution >= 4 is 5.97 Å². The highest BCUT2D eigenvalue weighted by molar-refractivity contribution is 5.69. The highest BCUT2D eigenvalue weighted by Crippen LogP contribution is 2.20. The predicted octanol–water partition coefficient (Wildman–Crippen LogP) is 1.65. The van der Waals surface area contributed by atoms with E-state index in [-0.39, 0.29) is 5.97 Å². The Balaban J connectivity index is 2.13. The summed E-state index contributed by atoms with van der Waals surface area (Å²) in [4.78, 5) is 13.7. The Kier molecular flexibility index (Phi) is 7.28. The summed E-state index contributed by atoms with van der Waals surface area (Å²) in [5, 5.41) is 3.46. The first kappa shape index (κ1) is 15.4. The normalized spacial score (nSPS) is 19.7. The monoisotopic (exact) mass is 256 g/mol. The standard InChI is InChI=1S/C14H28N2O2/c1-4-16-10-7-13(8-11-16)12(3)15-9-6-14(17)18-5-2/h12-13,15H,4-11H2,1-3H3. The third kappa shape index (κ3) is 5.36. The van der Waals surface area contributed by atoms with E-state index < -0.39 is 0 Å². The highest BCUT2D eigenvalue weighted by Gasteiger charge is 2.22. The number of nitrogens with one attached hydrogen (secondary N) is 1. The smallest absolute Gasteiger partial charge is 0.307 e. The maximum atomic E-state index is 11.2. The van der Waals surface area contributed by atoms with E-state index in [1.807, 2.05) is 6.92 Å². The van der Waals surface area contributed by atoms with Crippen molar-refractivity contribution in [2.45, 2.75) is 46.1 Å². The van der Waals surface area contributed by atoms with Crippen LogP contribution in [0, 0.1) is 5.92 Å². The van der Waals surface area contributed by atoms with E-state index in [9.17, 15) is 4.79 Å². The van der Waals surface area contributed by atoms with Gasteiger partial charge in [0.05, 0.1) is 13.0 Å². The van der Waals surface area contributed by atoms with E-state index in [1.54, 1.807) is 0 Å². The molecule has 4 nitrogen and oxygen atoms in total. The highest BCUT2D eigenvalue weighted by atomic mass is 16.5. The maximum absolute atomic E-state index is 11.2. The van der Waals surface area contributed by atoms with Gasteiger partial charge in [-0.2, -0.15) is 0 Å². The lowest BCUT2D eigenvalue weighted by atomic mass is 9.90. The molecule has 1 unspecified atom stereocenters. The van der Waals surface area contributed by atoms with Crippen molar-refractivity contribution in [1.29, 1.82) is 0 Å². The molecule has 106 valence electrons. The lowest BCUT2D eigenvalue weighted by Crippen LogP contribution is -2.42. The second kappa shape index (κ2) is 8.48. The lowest BCUT2D eigenvalue weighted by Gasteiger charge is -2.34. The molecule has 1 rings (SSSR count). The van der Waals surface area contributed by atoms with Crippen LogP contribution in [0.25, 0.3) is 0 Å². The number of hydrogen-bond donors (Lipinski definition) is 1. The van der Waals surface area contributed by atoms with Crippen molar-refractivity contribution in [3.8, 4) is 0 Å². The summed E-state index contributed by atoms with van der Waals surface area (Å²) in [6.07, 6.45) is 3.01. The zero-order valence-corrected chi connectivity index (χ0v) is 12.1. The lowest BCUT2D eigenvalue weighted by molar-refractivity contribution is -0.143. The first-order valence-corrected chi connectivity index (χ1v) is 7.28. The van der Waals surface area contributed by atoms with E-state index in [1.165, 1.54) is 25.9 Å². The number of nitrogens with zero attached hydrogens (tertiary/aromatic N) is 1. The van der Waals surface area contributed by atoms with Crippen molar-refractivity contribution in [2.75, 3.05) is 32.8 Å². The van der Waals surface area contributed by atoms with E-state index in [2.05, 4.69) is 24.1 Å². The second-order valence-corrected chi connectivity index (χ2v) is 5.07. The summed E-state index contributed by atoms with van der Waals surface area (Å²) in [6.45, 7) is 11.1. The predicted molar refractivity (Wildman–Crippen MR) is 73.6 cm³/mol. The number of carbonyl (C=O) groups excluding carboxylic acids is 1. The minimum atomic E-state index is -0.0991. The Morgan fingerprint density at radius 3 is 2.61 bits per heavy atom. The van der Waals surface area contributed by atoms with Crippen molar-refractivity contribution < 1.29 is 9.53 Å². The summed E-state index contributed by atoms with van der Waals surface area (Å²) < 4.78 is 4.91. The van der Waals surface area contributed by atoms with Gasteiger partial charge in [-0.05, 0) is 52.2 Å². The molecule has 0 radical (unpaired) electrons. The molecule has 1 heterocycles. The first-order chi connectivity index (χ1) is 8.67. The fourth-order valence-corrected chi connectivity index (χ4v) is 2.57. The summed E-state index contributed by atoms with van der Waals surface area (Å²) in [5.41, 5.74) is 0. The SMILES string of the molecule is CCOC(=O)CCNC(C)C1CCN(CC)CC1. The van der Waals surface area contributed by atoms with Crippen molar-refractivity contribution in [3.05, 3.63) is 0 Å². The molecule has 1 fully saturated rings. The number of ether oxygens (including phenoxy) is 1. The Labute approximate surface area is 111 Å². The van der Waals surface area contributed by atoms with Gasteiger partial charge in [0.15, 0.2) is 0 Å². The van der Waals surface area contributed by atoms with Gasteiger partial charge >= 0.3 is 5.97 Å². The molecule has 1 saturated heterocycles. The Morgan fingerprint density at radius 1 is 1.39 bits per heavy atom. The molecule has 0 amide bonds. The average molecular weight is 256 g/mol. The zero-order chi connectivity index (χ0) is 13.4. The van der Waals surface area contributed by atoms with Crippen LogP contribution in [0.4, 0.5) is 0 Å². The van der Waals surface area contributed by atoms with Crippen LogP contribution >= 0.6 is 0 Å². The molecule has 18 heavy (non-hydrogen) atoms. The van der Waals surface area contributed by atoms with Gasteiger partial charge in [-0.15, -0.1) is 0 Å². The third-order valence-corrected chi connectivity index (χ3v) is 3.89. The quantitative estimate of drug-likeness (QED) is 0.703. The Morgan fingerprint density at radius 2 is 2.06 bits per heavy atom. The average Bonchev–Trinajstić information content (AvgIpc) is 2.39. The van der Waals surface area contributed by atoms with Crippen LogP contribution in [0.2, 0.25) is 0 Å². The van der Waals surface area contributed by atoms with Crippen LogP contribution in [0.1, 0.15) is 40.0 Å². The van der Waals surface area contributed by atoms with Crippen LogP contribution in [0.15, 0.2) is 0 Å². The Bertz CT molecular complexity index is 238. The van der Waals surface area contributed by atoms with E-state index in [4.69, 9.17) is 4.74 Å². The van der Waals surface area contributed by atoms with Gasteiger partial charge < -0.3 is 15.0 Å². The molecular formula is C14H28N2O2. The topological polar surface area (TPSA) is 41.6 Å². The molecule has 0 aromatic heterocycles. The molecule has 0 aromatic carbocycles. The molecule has 0 spiro atoms. The molecule has 1 atom stereocenters. The van der Waals surface area contributed by atoms with Gasteiger partial charge in [0.2, 0.25) is 0 Å². The summed E-state index contributed by atoms with van der Waals surface area (Å²) in [6, 6.07) is 0.499. The van der Waals surface area contributed by atoms with Crippen LogP contribution in [0.3, 0.4) is 0 Å². The summed E-state index contributed by atoms with van der Waals surface area (Å²) in [5.74, 6) is 0.646. The number of rotatable bonds is 7. The third-order valence-electron chi connectivity index (χ3n) is 3.89. The molecule has 1 aliphatic rings. The molecule has 1 aliphatic heterocycles. The van der Waals surface area contributed by atoms with E-state index >= 15 is 0 Å². The second-order valence-electron chi connectivity index (χ2n) is 5.07. The van der Waals surface area contributed by atoms with E-state index in [0.29, 0.717) is 19.1 Å². The van der Waals surface area contributed by atoms with Crippen LogP contribution in [-0.2, 0) is 9.53 Å². The number of piperidine rings is 1. The molecule has 0 saturated carbocycles. The van der Waals surface area contributed by atoms with Gasteiger partial charge in [-0.3, -0.25) is 4.79 Å². The van der Waals surface area contributed by atoms with Gasteiger partial charge in [-0.25, -0.2) is 0 Å². The molecular weight excluding hydrogens is 228 g/mol. The number of carbonyl (C=O) groups is 1. The molecule has 0 aliphatic carbocycles. The molecule has 4 heteroatoms. The minimum absolute atomic E-state index is 0.0991. The Hall–Kier alpha value is -0.610. The van der Waals surface area contributed by atoms with Crippen molar-refractivity contribution in [2.24, 2.45) is 5.92 Å². The minimum Gasteiger partial charge on any atom is -0.466 e. The van der Waals surface area contributed by atoms with Crippen LogP contribution < -0.4 is 5.32 Å². The van der Waals surface area contributed by atoms with Crippen LogP contribution in [0.5, 0.6) is 0 Å². The fraction of sp³-hybridized carbons (Fsp3) is 0.929. The fourth-order valence-electron chi connectivity index (χ4n) is 2.57. The van der Waals surface area contributed by atoms with E-state index in [0.717, 1.165) is 19.0 Å². The maximum Gasteiger partial charge on any atom is 0.307 e. The van der Waals surface area contributed by atoms with Crippen molar-refractivity contribution in [3.63, 3.8) is 0 Å². The van der Waals surface area contributed by atoms with Gasteiger partial charge in [0, 0.05) is 12.6 Å². The van der Waals surface area contributed by atoms with Gasteiger partial charge in [0.25, 0.3) is 0 Å². The molecule has 0 aromatic rings. The largest absolute Gasteiger partial charge is 0.466 e. The van der Waals surface area contributed by atoms with Gasteiger partial charge in [0.1, 0.15) is 0 Å². The summed E-state index contributed by atoms with van der Waals surface area (Å²) >= 11 is 0. The first-order valence-electron chi connectivity index (χ1n) is 7.28. The molecule has 0 bridgehead atoms.